The average Bonchev–Trinajstić information content (AvgIpc) is 2.97. The molecule has 2 N–H and O–H groups in total. The van der Waals surface area contributed by atoms with E-state index in [-0.39, 0.29) is 0 Å². The van der Waals surface area contributed by atoms with Gasteiger partial charge in [-0.3, -0.25) is 4.99 Å². The number of nitrogens with zero attached hydrogens (tertiary/aromatic N) is 2. The minimum atomic E-state index is -4.34. The summed E-state index contributed by atoms with van der Waals surface area (Å²) >= 11 is 1.80. The topological polar surface area (TPSA) is 49.3 Å². The van der Waals surface area contributed by atoms with Crippen LogP contribution in [0.5, 0.6) is 0 Å². The first kappa shape index (κ1) is 17.4. The number of aromatic nitrogens is 1. The third-order valence-corrected chi connectivity index (χ3v) is 5.58. The van der Waals surface area contributed by atoms with Crippen LogP contribution in [0.4, 0.5) is 19.0 Å². The van der Waals surface area contributed by atoms with Crippen molar-refractivity contribution in [3.8, 4) is 0 Å². The molecule has 1 aromatic rings. The van der Waals surface area contributed by atoms with Crippen molar-refractivity contribution < 1.29 is 13.2 Å². The number of hydrogen-bond acceptors (Lipinski definition) is 4. The Morgan fingerprint density at radius 3 is 2.88 bits per heavy atom. The van der Waals surface area contributed by atoms with Gasteiger partial charge in [0.25, 0.3) is 0 Å². The normalized spacial score (nSPS) is 25.4. The van der Waals surface area contributed by atoms with E-state index >= 15 is 0 Å². The molecule has 0 radical (unpaired) electrons. The number of rotatable bonds is 5. The van der Waals surface area contributed by atoms with E-state index in [1.54, 1.807) is 11.9 Å². The van der Waals surface area contributed by atoms with Gasteiger partial charge in [-0.15, -0.1) is 0 Å². The number of fused-ring (bicyclic) bond motifs is 1. The summed E-state index contributed by atoms with van der Waals surface area (Å²) in [6.07, 6.45) is 2.41. The molecule has 0 bridgehead atoms. The molecule has 132 valence electrons. The van der Waals surface area contributed by atoms with Gasteiger partial charge in [-0.05, 0) is 43.3 Å². The molecule has 1 saturated heterocycles. The first-order valence-electron chi connectivity index (χ1n) is 8.27. The van der Waals surface area contributed by atoms with Gasteiger partial charge in [0.2, 0.25) is 0 Å². The summed E-state index contributed by atoms with van der Waals surface area (Å²) in [4.78, 5) is 8.45. The molecule has 2 atom stereocenters. The molecule has 8 heteroatoms. The van der Waals surface area contributed by atoms with Crippen LogP contribution < -0.4 is 10.0 Å². The average molecular weight is 358 g/mol. The highest BCUT2D eigenvalue weighted by Gasteiger charge is 2.35. The summed E-state index contributed by atoms with van der Waals surface area (Å²) in [6, 6.07) is 2.40. The number of nitrogens with one attached hydrogen (secondary N) is 2. The molecule has 0 amide bonds. The Balaban J connectivity index is 1.40. The van der Waals surface area contributed by atoms with E-state index < -0.39 is 11.7 Å². The van der Waals surface area contributed by atoms with Crippen molar-refractivity contribution in [1.82, 2.24) is 9.71 Å². The minimum absolute atomic E-state index is 0.456. The van der Waals surface area contributed by atoms with Gasteiger partial charge in [-0.1, -0.05) is 12.8 Å². The van der Waals surface area contributed by atoms with Crippen molar-refractivity contribution in [2.24, 2.45) is 10.9 Å². The van der Waals surface area contributed by atoms with E-state index in [1.165, 1.54) is 31.7 Å². The number of hydrogen-bond donors (Lipinski definition) is 2. The number of halogens is 3. The molecule has 0 spiro atoms. The van der Waals surface area contributed by atoms with Crippen LogP contribution in [-0.4, -0.2) is 29.2 Å². The van der Waals surface area contributed by atoms with Crippen molar-refractivity contribution in [1.29, 1.82) is 0 Å². The Bertz CT molecular complexity index is 574. The lowest BCUT2D eigenvalue weighted by Crippen LogP contribution is -2.25. The van der Waals surface area contributed by atoms with Gasteiger partial charge in [0.05, 0.1) is 5.56 Å². The molecular weight excluding hydrogens is 337 g/mol. The Labute approximate surface area is 143 Å². The number of alkyl halides is 3. The van der Waals surface area contributed by atoms with Crippen molar-refractivity contribution in [2.45, 2.75) is 43.5 Å². The van der Waals surface area contributed by atoms with Gasteiger partial charge in [-0.2, -0.15) is 13.2 Å². The quantitative estimate of drug-likeness (QED) is 0.614. The Kier molecular flexibility index (Phi) is 5.53. The van der Waals surface area contributed by atoms with Crippen molar-refractivity contribution in [3.05, 3.63) is 23.9 Å². The van der Waals surface area contributed by atoms with Crippen molar-refractivity contribution in [2.75, 3.05) is 18.4 Å². The number of aliphatic imine (C=N–C) groups is 1. The van der Waals surface area contributed by atoms with Crippen LogP contribution in [0, 0.1) is 5.92 Å². The van der Waals surface area contributed by atoms with Gasteiger partial charge >= 0.3 is 6.18 Å². The predicted octanol–water partition coefficient (Wildman–Crippen LogP) is 4.11. The summed E-state index contributed by atoms with van der Waals surface area (Å²) in [7, 11) is 0. The van der Waals surface area contributed by atoms with E-state index in [1.807, 2.05) is 0 Å². The van der Waals surface area contributed by atoms with Gasteiger partial charge in [0, 0.05) is 30.5 Å². The second-order valence-corrected chi connectivity index (χ2v) is 7.17. The number of amidine groups is 1. The van der Waals surface area contributed by atoms with Gasteiger partial charge in [0.15, 0.2) is 0 Å². The van der Waals surface area contributed by atoms with Crippen LogP contribution in [0.25, 0.3) is 0 Å². The predicted molar refractivity (Wildman–Crippen MR) is 91.1 cm³/mol. The molecule has 2 aliphatic rings. The molecule has 1 aliphatic carbocycles. The lowest BCUT2D eigenvalue weighted by molar-refractivity contribution is -0.137. The first-order valence-corrected chi connectivity index (χ1v) is 9.15. The maximum absolute atomic E-state index is 12.5. The van der Waals surface area contributed by atoms with Crippen LogP contribution in [0.3, 0.4) is 0 Å². The highest BCUT2D eigenvalue weighted by Crippen LogP contribution is 2.37. The standard InChI is InChI=1S/C16H21F3N4S/c17-16(18,19)11-6-7-14(22-10-11)20-8-3-9-21-15-12-4-1-2-5-13(12)24-23-15/h6-7,10,12-13H,1-5,8-9H2,(H,20,22)(H,21,23). The molecule has 2 fully saturated rings. The fourth-order valence-electron chi connectivity index (χ4n) is 3.07. The molecular formula is C16H21F3N4S. The van der Waals surface area contributed by atoms with Crippen molar-refractivity contribution in [3.63, 3.8) is 0 Å². The SMILES string of the molecule is FC(F)(F)c1ccc(NCCCN=C2NSC3CCCCC23)nc1. The zero-order valence-electron chi connectivity index (χ0n) is 13.3. The lowest BCUT2D eigenvalue weighted by atomic mass is 9.88. The maximum atomic E-state index is 12.5. The van der Waals surface area contributed by atoms with Crippen LogP contribution in [0.2, 0.25) is 0 Å². The third-order valence-electron chi connectivity index (χ3n) is 4.38. The molecule has 4 nitrogen and oxygen atoms in total. The van der Waals surface area contributed by atoms with Gasteiger partial charge < -0.3 is 10.0 Å². The molecule has 2 heterocycles. The highest BCUT2D eigenvalue weighted by atomic mass is 32.2. The smallest absolute Gasteiger partial charge is 0.370 e. The summed E-state index contributed by atoms with van der Waals surface area (Å²) < 4.78 is 40.7. The summed E-state index contributed by atoms with van der Waals surface area (Å²) in [5.41, 5.74) is -0.730. The van der Waals surface area contributed by atoms with E-state index in [9.17, 15) is 13.2 Å². The first-order chi connectivity index (χ1) is 11.5. The zero-order chi connectivity index (χ0) is 17.0. The largest absolute Gasteiger partial charge is 0.417 e. The summed E-state index contributed by atoms with van der Waals surface area (Å²) in [6.45, 7) is 1.34. The molecule has 2 unspecified atom stereocenters. The maximum Gasteiger partial charge on any atom is 0.417 e. The zero-order valence-corrected chi connectivity index (χ0v) is 14.1. The van der Waals surface area contributed by atoms with E-state index in [0.29, 0.717) is 30.1 Å². The van der Waals surface area contributed by atoms with E-state index in [0.717, 1.165) is 24.5 Å². The van der Waals surface area contributed by atoms with E-state index in [4.69, 9.17) is 0 Å². The van der Waals surface area contributed by atoms with Crippen LogP contribution in [0.15, 0.2) is 23.3 Å². The minimum Gasteiger partial charge on any atom is -0.370 e. The second kappa shape index (κ2) is 7.63. The van der Waals surface area contributed by atoms with Crippen LogP contribution in [-0.2, 0) is 6.18 Å². The number of pyridine rings is 1. The fraction of sp³-hybridized carbons (Fsp3) is 0.625. The van der Waals surface area contributed by atoms with E-state index in [2.05, 4.69) is 20.0 Å². The fourth-order valence-corrected chi connectivity index (χ4v) is 4.27. The van der Waals surface area contributed by atoms with Crippen molar-refractivity contribution >= 4 is 23.6 Å². The summed E-state index contributed by atoms with van der Waals surface area (Å²) in [5, 5.41) is 3.70. The Morgan fingerprint density at radius 2 is 2.12 bits per heavy atom. The molecule has 0 aromatic carbocycles. The molecule has 1 aliphatic heterocycles. The molecule has 24 heavy (non-hydrogen) atoms. The Morgan fingerprint density at radius 1 is 1.29 bits per heavy atom. The highest BCUT2D eigenvalue weighted by molar-refractivity contribution is 7.99. The van der Waals surface area contributed by atoms with Gasteiger partial charge in [0.1, 0.15) is 11.7 Å². The van der Waals surface area contributed by atoms with Gasteiger partial charge in [-0.25, -0.2) is 4.98 Å². The molecule has 1 aromatic heterocycles. The molecule has 3 rings (SSSR count). The third kappa shape index (κ3) is 4.34. The molecule has 1 saturated carbocycles. The Hall–Kier alpha value is -1.44. The second-order valence-electron chi connectivity index (χ2n) is 6.13. The van der Waals surface area contributed by atoms with Crippen LogP contribution >= 0.6 is 11.9 Å². The summed E-state index contributed by atoms with van der Waals surface area (Å²) in [5.74, 6) is 2.16. The monoisotopic (exact) mass is 358 g/mol. The van der Waals surface area contributed by atoms with Crippen LogP contribution in [0.1, 0.15) is 37.7 Å². The lowest BCUT2D eigenvalue weighted by Gasteiger charge is -2.22. The number of anilines is 1.